The van der Waals surface area contributed by atoms with E-state index in [4.69, 9.17) is 10.6 Å². The Morgan fingerprint density at radius 1 is 1.55 bits per heavy atom. The van der Waals surface area contributed by atoms with E-state index in [0.29, 0.717) is 0 Å². The molecule has 0 fully saturated rings. The average molecular weight is 170 g/mol. The summed E-state index contributed by atoms with van der Waals surface area (Å²) >= 11 is 4.18. The molecule has 0 aliphatic carbocycles. The summed E-state index contributed by atoms with van der Waals surface area (Å²) in [5.41, 5.74) is 3.30. The molecular formula is C7H10N2OS. The number of ether oxygens (including phenoxy) is 1. The van der Waals surface area contributed by atoms with Crippen LogP contribution in [0.3, 0.4) is 0 Å². The first-order chi connectivity index (χ1) is 5.27. The highest BCUT2D eigenvalue weighted by Crippen LogP contribution is 2.23. The van der Waals surface area contributed by atoms with E-state index in [0.717, 1.165) is 16.3 Å². The van der Waals surface area contributed by atoms with Gasteiger partial charge in [-0.2, -0.15) is 0 Å². The minimum Gasteiger partial charge on any atom is -0.497 e. The molecule has 1 aromatic rings. The molecular weight excluding hydrogens is 160 g/mol. The number of hydrazine groups is 1. The Morgan fingerprint density at radius 2 is 2.27 bits per heavy atom. The molecule has 0 amide bonds. The lowest BCUT2D eigenvalue weighted by Gasteiger charge is -2.05. The zero-order chi connectivity index (χ0) is 8.27. The lowest BCUT2D eigenvalue weighted by Crippen LogP contribution is -2.07. The number of nitrogens with two attached hydrogens (primary N) is 1. The number of methoxy groups -OCH3 is 1. The van der Waals surface area contributed by atoms with Crippen LogP contribution >= 0.6 is 12.6 Å². The van der Waals surface area contributed by atoms with Gasteiger partial charge in [0.2, 0.25) is 0 Å². The van der Waals surface area contributed by atoms with Crippen LogP contribution in [0.4, 0.5) is 5.69 Å². The largest absolute Gasteiger partial charge is 0.497 e. The Kier molecular flexibility index (Phi) is 2.62. The third kappa shape index (κ3) is 1.78. The van der Waals surface area contributed by atoms with Gasteiger partial charge >= 0.3 is 0 Å². The molecule has 0 radical (unpaired) electrons. The van der Waals surface area contributed by atoms with Gasteiger partial charge in [0.1, 0.15) is 5.75 Å². The molecule has 0 heterocycles. The maximum Gasteiger partial charge on any atom is 0.120 e. The maximum absolute atomic E-state index is 5.20. The van der Waals surface area contributed by atoms with Crippen molar-refractivity contribution >= 4 is 18.3 Å². The topological polar surface area (TPSA) is 47.3 Å². The number of hydrogen-bond donors (Lipinski definition) is 3. The van der Waals surface area contributed by atoms with E-state index in [1.54, 1.807) is 19.2 Å². The van der Waals surface area contributed by atoms with E-state index in [1.807, 2.05) is 6.07 Å². The molecule has 60 valence electrons. The normalized spacial score (nSPS) is 9.36. The smallest absolute Gasteiger partial charge is 0.120 e. The quantitative estimate of drug-likeness (QED) is 0.356. The van der Waals surface area contributed by atoms with Crippen LogP contribution < -0.4 is 16.0 Å². The summed E-state index contributed by atoms with van der Waals surface area (Å²) < 4.78 is 4.98. The van der Waals surface area contributed by atoms with Crippen molar-refractivity contribution in [3.8, 4) is 5.75 Å². The van der Waals surface area contributed by atoms with Crippen molar-refractivity contribution < 1.29 is 4.74 Å². The van der Waals surface area contributed by atoms with Crippen molar-refractivity contribution in [2.45, 2.75) is 4.90 Å². The van der Waals surface area contributed by atoms with Gasteiger partial charge < -0.3 is 10.2 Å². The Bertz CT molecular complexity index is 252. The molecule has 0 saturated carbocycles. The summed E-state index contributed by atoms with van der Waals surface area (Å²) in [6.07, 6.45) is 0. The van der Waals surface area contributed by atoms with Crippen LogP contribution in [-0.2, 0) is 0 Å². The lowest BCUT2D eigenvalue weighted by molar-refractivity contribution is 0.414. The maximum atomic E-state index is 5.20. The van der Waals surface area contributed by atoms with Crippen LogP contribution in [0.15, 0.2) is 23.1 Å². The van der Waals surface area contributed by atoms with Crippen LogP contribution in [0.1, 0.15) is 0 Å². The van der Waals surface area contributed by atoms with Crippen LogP contribution in [0.25, 0.3) is 0 Å². The monoisotopic (exact) mass is 170 g/mol. The van der Waals surface area contributed by atoms with Gasteiger partial charge in [-0.1, -0.05) is 0 Å². The fraction of sp³-hybridized carbons (Fsp3) is 0.143. The highest BCUT2D eigenvalue weighted by atomic mass is 32.1. The van der Waals surface area contributed by atoms with Gasteiger partial charge in [-0.05, 0) is 18.2 Å². The number of benzene rings is 1. The molecule has 11 heavy (non-hydrogen) atoms. The number of hydrogen-bond acceptors (Lipinski definition) is 4. The zero-order valence-corrected chi connectivity index (χ0v) is 7.06. The third-order valence-electron chi connectivity index (χ3n) is 1.36. The molecule has 3 nitrogen and oxygen atoms in total. The molecule has 3 N–H and O–H groups in total. The van der Waals surface area contributed by atoms with Crippen molar-refractivity contribution in [1.82, 2.24) is 0 Å². The van der Waals surface area contributed by atoms with Crippen molar-refractivity contribution in [1.29, 1.82) is 0 Å². The molecule has 0 aromatic heterocycles. The van der Waals surface area contributed by atoms with E-state index in [-0.39, 0.29) is 0 Å². The molecule has 0 saturated heterocycles. The van der Waals surface area contributed by atoms with Gasteiger partial charge in [0, 0.05) is 4.90 Å². The van der Waals surface area contributed by atoms with E-state index < -0.39 is 0 Å². The van der Waals surface area contributed by atoms with Crippen molar-refractivity contribution in [3.63, 3.8) is 0 Å². The molecule has 0 spiro atoms. The Balaban J connectivity index is 2.99. The summed E-state index contributed by atoms with van der Waals surface area (Å²) in [5, 5.41) is 0. The van der Waals surface area contributed by atoms with Crippen LogP contribution in [0.5, 0.6) is 5.75 Å². The first-order valence-corrected chi connectivity index (χ1v) is 3.56. The van der Waals surface area contributed by atoms with Crippen molar-refractivity contribution in [2.24, 2.45) is 5.84 Å². The number of nitrogens with one attached hydrogen (secondary N) is 1. The number of anilines is 1. The minimum atomic E-state index is 0.770. The molecule has 0 aliphatic heterocycles. The Hall–Kier alpha value is -0.870. The average Bonchev–Trinajstić information content (AvgIpc) is 2.04. The number of thiol groups is 1. The second-order valence-corrected chi connectivity index (χ2v) is 2.51. The zero-order valence-electron chi connectivity index (χ0n) is 6.16. The van der Waals surface area contributed by atoms with Gasteiger partial charge in [-0.25, -0.2) is 0 Å². The Labute approximate surface area is 70.9 Å². The molecule has 1 rings (SSSR count). The van der Waals surface area contributed by atoms with E-state index >= 15 is 0 Å². The van der Waals surface area contributed by atoms with E-state index in [2.05, 4.69) is 18.1 Å². The summed E-state index contributed by atoms with van der Waals surface area (Å²) in [7, 11) is 1.61. The third-order valence-corrected chi connectivity index (χ3v) is 1.73. The summed E-state index contributed by atoms with van der Waals surface area (Å²) in [6, 6.07) is 5.41. The fourth-order valence-electron chi connectivity index (χ4n) is 0.760. The second kappa shape index (κ2) is 3.50. The molecule has 0 unspecified atom stereocenters. The molecule has 0 atom stereocenters. The number of rotatable bonds is 2. The van der Waals surface area contributed by atoms with Gasteiger partial charge in [-0.15, -0.1) is 12.6 Å². The predicted octanol–water partition coefficient (Wildman–Crippen LogP) is 1.27. The summed E-state index contributed by atoms with van der Waals surface area (Å²) in [4.78, 5) is 0.770. The van der Waals surface area contributed by atoms with Gasteiger partial charge in [0.15, 0.2) is 0 Å². The summed E-state index contributed by atoms with van der Waals surface area (Å²) in [5.74, 6) is 5.97. The first-order valence-electron chi connectivity index (χ1n) is 3.11. The van der Waals surface area contributed by atoms with E-state index in [9.17, 15) is 0 Å². The minimum absolute atomic E-state index is 0.770. The Morgan fingerprint density at radius 3 is 2.73 bits per heavy atom. The lowest BCUT2D eigenvalue weighted by atomic mass is 10.3. The highest BCUT2D eigenvalue weighted by Gasteiger charge is 1.97. The predicted molar refractivity (Wildman–Crippen MR) is 48.1 cm³/mol. The fourth-order valence-corrected chi connectivity index (χ4v) is 1.03. The van der Waals surface area contributed by atoms with Crippen molar-refractivity contribution in [3.05, 3.63) is 18.2 Å². The van der Waals surface area contributed by atoms with E-state index in [1.165, 1.54) is 0 Å². The number of nitrogen functional groups attached to an aromatic ring is 1. The van der Waals surface area contributed by atoms with Crippen molar-refractivity contribution in [2.75, 3.05) is 12.5 Å². The van der Waals surface area contributed by atoms with Crippen LogP contribution in [-0.4, -0.2) is 7.11 Å². The van der Waals surface area contributed by atoms with Gasteiger partial charge in [-0.3, -0.25) is 5.84 Å². The van der Waals surface area contributed by atoms with Crippen LogP contribution in [0.2, 0.25) is 0 Å². The van der Waals surface area contributed by atoms with Gasteiger partial charge in [0.05, 0.1) is 12.8 Å². The molecule has 0 aliphatic rings. The second-order valence-electron chi connectivity index (χ2n) is 2.03. The van der Waals surface area contributed by atoms with Crippen LogP contribution in [0, 0.1) is 0 Å². The SMILES string of the molecule is COc1ccc(NN)c(S)c1. The highest BCUT2D eigenvalue weighted by molar-refractivity contribution is 7.80. The molecule has 0 bridgehead atoms. The summed E-state index contributed by atoms with van der Waals surface area (Å²) in [6.45, 7) is 0. The van der Waals surface area contributed by atoms with Gasteiger partial charge in [0.25, 0.3) is 0 Å². The first kappa shape index (κ1) is 8.23. The standard InChI is InChI=1S/C7H10N2OS/c1-10-5-2-3-6(9-8)7(11)4-5/h2-4,9,11H,8H2,1H3. The molecule has 1 aromatic carbocycles. The molecule has 4 heteroatoms.